The molecule has 0 aromatic carbocycles. The Morgan fingerprint density at radius 3 is 3.21 bits per heavy atom. The van der Waals surface area contributed by atoms with Crippen LogP contribution >= 0.6 is 11.3 Å². The normalized spacial score (nSPS) is 23.9. The molecular weight excluding hydrogens is 192 g/mol. The van der Waals surface area contributed by atoms with Gasteiger partial charge in [-0.3, -0.25) is 0 Å². The maximum Gasteiger partial charge on any atom is 0.0427 e. The summed E-state index contributed by atoms with van der Waals surface area (Å²) in [5, 5.41) is 9.10. The maximum absolute atomic E-state index is 3.55. The van der Waals surface area contributed by atoms with Crippen molar-refractivity contribution in [2.24, 2.45) is 0 Å². The average Bonchev–Trinajstić information content (AvgIpc) is 2.86. The van der Waals surface area contributed by atoms with Crippen LogP contribution in [0.15, 0.2) is 17.5 Å². The second kappa shape index (κ2) is 4.91. The summed E-state index contributed by atoms with van der Waals surface area (Å²) in [6.45, 7) is 1.20. The minimum absolute atomic E-state index is 0.533. The second-order valence-electron chi connectivity index (χ2n) is 3.89. The van der Waals surface area contributed by atoms with Crippen molar-refractivity contribution in [3.8, 4) is 0 Å². The Bertz CT molecular complexity index is 252. The van der Waals surface area contributed by atoms with E-state index >= 15 is 0 Å². The van der Waals surface area contributed by atoms with Crippen LogP contribution in [0, 0.1) is 0 Å². The zero-order chi connectivity index (χ0) is 9.80. The van der Waals surface area contributed by atoms with E-state index in [0.29, 0.717) is 6.04 Å². The van der Waals surface area contributed by atoms with Gasteiger partial charge in [0.15, 0.2) is 0 Å². The van der Waals surface area contributed by atoms with Crippen LogP contribution in [0.4, 0.5) is 0 Å². The van der Waals surface area contributed by atoms with Crippen molar-refractivity contribution in [3.63, 3.8) is 0 Å². The van der Waals surface area contributed by atoms with Crippen molar-refractivity contribution in [2.45, 2.75) is 31.3 Å². The quantitative estimate of drug-likeness (QED) is 0.795. The van der Waals surface area contributed by atoms with Gasteiger partial charge in [0.05, 0.1) is 0 Å². The first kappa shape index (κ1) is 10.1. The first-order valence-electron chi connectivity index (χ1n) is 5.34. The van der Waals surface area contributed by atoms with Gasteiger partial charge in [0, 0.05) is 17.0 Å². The molecule has 1 aliphatic rings. The fourth-order valence-electron chi connectivity index (χ4n) is 2.11. The molecule has 1 fully saturated rings. The molecule has 2 atom stereocenters. The van der Waals surface area contributed by atoms with E-state index in [9.17, 15) is 0 Å². The van der Waals surface area contributed by atoms with Gasteiger partial charge in [-0.2, -0.15) is 0 Å². The monoisotopic (exact) mass is 210 g/mol. The van der Waals surface area contributed by atoms with Crippen LogP contribution in [0.2, 0.25) is 0 Å². The Kier molecular flexibility index (Phi) is 3.56. The summed E-state index contributed by atoms with van der Waals surface area (Å²) in [7, 11) is 2.05. The molecule has 0 aliphatic carbocycles. The third-order valence-electron chi connectivity index (χ3n) is 2.92. The van der Waals surface area contributed by atoms with Crippen molar-refractivity contribution in [1.82, 2.24) is 10.6 Å². The maximum atomic E-state index is 3.55. The predicted octanol–water partition coefficient (Wildman–Crippen LogP) is 2.15. The Hall–Kier alpha value is -0.380. The molecule has 1 aromatic heterocycles. The number of nitrogens with one attached hydrogen (secondary N) is 2. The molecule has 14 heavy (non-hydrogen) atoms. The van der Waals surface area contributed by atoms with Gasteiger partial charge in [0.1, 0.15) is 0 Å². The molecule has 3 heteroatoms. The molecule has 0 radical (unpaired) electrons. The van der Waals surface area contributed by atoms with Gasteiger partial charge >= 0.3 is 0 Å². The minimum atomic E-state index is 0.533. The summed E-state index contributed by atoms with van der Waals surface area (Å²) in [4.78, 5) is 1.46. The molecule has 2 unspecified atom stereocenters. The Morgan fingerprint density at radius 1 is 1.71 bits per heavy atom. The van der Waals surface area contributed by atoms with Crippen molar-refractivity contribution < 1.29 is 0 Å². The number of rotatable bonds is 4. The highest BCUT2D eigenvalue weighted by Crippen LogP contribution is 2.25. The third kappa shape index (κ3) is 2.35. The van der Waals surface area contributed by atoms with Crippen molar-refractivity contribution in [2.75, 3.05) is 13.6 Å². The highest BCUT2D eigenvalue weighted by atomic mass is 32.1. The van der Waals surface area contributed by atoms with E-state index in [1.54, 1.807) is 0 Å². The molecule has 2 N–H and O–H groups in total. The zero-order valence-electron chi connectivity index (χ0n) is 8.62. The summed E-state index contributed by atoms with van der Waals surface area (Å²) in [5.41, 5.74) is 0. The lowest BCUT2D eigenvalue weighted by Crippen LogP contribution is -2.28. The van der Waals surface area contributed by atoms with Crippen molar-refractivity contribution in [1.29, 1.82) is 0 Å². The van der Waals surface area contributed by atoms with Gasteiger partial charge in [-0.1, -0.05) is 6.07 Å². The third-order valence-corrected chi connectivity index (χ3v) is 3.90. The molecule has 0 spiro atoms. The lowest BCUT2D eigenvalue weighted by Gasteiger charge is -2.19. The van der Waals surface area contributed by atoms with Gasteiger partial charge in [0.2, 0.25) is 0 Å². The van der Waals surface area contributed by atoms with Crippen LogP contribution in [0.1, 0.15) is 30.2 Å². The van der Waals surface area contributed by atoms with Gasteiger partial charge in [-0.05, 0) is 44.3 Å². The fourth-order valence-corrected chi connectivity index (χ4v) is 2.96. The van der Waals surface area contributed by atoms with Gasteiger partial charge in [0.25, 0.3) is 0 Å². The molecule has 2 heterocycles. The lowest BCUT2D eigenvalue weighted by atomic mass is 10.0. The Balaban J connectivity index is 1.93. The molecule has 0 bridgehead atoms. The number of hydrogen-bond acceptors (Lipinski definition) is 3. The van der Waals surface area contributed by atoms with Crippen LogP contribution in [0.3, 0.4) is 0 Å². The van der Waals surface area contributed by atoms with Crippen LogP contribution in [0.25, 0.3) is 0 Å². The molecule has 1 saturated heterocycles. The van der Waals surface area contributed by atoms with Gasteiger partial charge in [-0.15, -0.1) is 11.3 Å². The summed E-state index contributed by atoms with van der Waals surface area (Å²) in [6.07, 6.45) is 3.89. The topological polar surface area (TPSA) is 24.1 Å². The minimum Gasteiger partial charge on any atom is -0.314 e. The highest BCUT2D eigenvalue weighted by Gasteiger charge is 2.19. The zero-order valence-corrected chi connectivity index (χ0v) is 9.44. The van der Waals surface area contributed by atoms with Gasteiger partial charge < -0.3 is 10.6 Å². The molecule has 2 nitrogen and oxygen atoms in total. The smallest absolute Gasteiger partial charge is 0.0427 e. The summed E-state index contributed by atoms with van der Waals surface area (Å²) in [6, 6.07) is 5.60. The molecule has 0 amide bonds. The molecule has 1 aromatic rings. The van der Waals surface area contributed by atoms with E-state index in [0.717, 1.165) is 6.04 Å². The molecular formula is C11H18N2S. The highest BCUT2D eigenvalue weighted by molar-refractivity contribution is 7.10. The second-order valence-corrected chi connectivity index (χ2v) is 4.86. The first-order valence-corrected chi connectivity index (χ1v) is 6.22. The molecule has 2 rings (SSSR count). The van der Waals surface area contributed by atoms with E-state index in [2.05, 4.69) is 35.2 Å². The van der Waals surface area contributed by atoms with E-state index in [1.807, 2.05) is 11.3 Å². The largest absolute Gasteiger partial charge is 0.314 e. The predicted molar refractivity (Wildman–Crippen MR) is 61.8 cm³/mol. The standard InChI is InChI=1S/C11H18N2S/c1-12-10(11-5-3-7-14-11)8-9-4-2-6-13-9/h3,5,7,9-10,12-13H,2,4,6,8H2,1H3. The van der Waals surface area contributed by atoms with Gasteiger partial charge in [-0.25, -0.2) is 0 Å². The number of hydrogen-bond donors (Lipinski definition) is 2. The van der Waals surface area contributed by atoms with Crippen LogP contribution in [-0.4, -0.2) is 19.6 Å². The Labute approximate surface area is 89.7 Å². The van der Waals surface area contributed by atoms with Crippen LogP contribution in [0.5, 0.6) is 0 Å². The van der Waals surface area contributed by atoms with E-state index in [-0.39, 0.29) is 0 Å². The van der Waals surface area contributed by atoms with Crippen LogP contribution in [-0.2, 0) is 0 Å². The van der Waals surface area contributed by atoms with Crippen molar-refractivity contribution >= 4 is 11.3 Å². The lowest BCUT2D eigenvalue weighted by molar-refractivity contribution is 0.458. The summed E-state index contributed by atoms with van der Waals surface area (Å²) in [5.74, 6) is 0. The molecule has 1 aliphatic heterocycles. The number of thiophene rings is 1. The summed E-state index contributed by atoms with van der Waals surface area (Å²) >= 11 is 1.85. The first-order chi connectivity index (χ1) is 6.90. The molecule has 78 valence electrons. The molecule has 0 saturated carbocycles. The van der Waals surface area contributed by atoms with Crippen molar-refractivity contribution in [3.05, 3.63) is 22.4 Å². The van der Waals surface area contributed by atoms with E-state index in [1.165, 1.54) is 30.7 Å². The SMILES string of the molecule is CNC(CC1CCCN1)c1cccs1. The van der Waals surface area contributed by atoms with E-state index in [4.69, 9.17) is 0 Å². The fraction of sp³-hybridized carbons (Fsp3) is 0.636. The Morgan fingerprint density at radius 2 is 2.64 bits per heavy atom. The van der Waals surface area contributed by atoms with Crippen LogP contribution < -0.4 is 10.6 Å². The average molecular weight is 210 g/mol. The van der Waals surface area contributed by atoms with E-state index < -0.39 is 0 Å². The summed E-state index contributed by atoms with van der Waals surface area (Å²) < 4.78 is 0.